The highest BCUT2D eigenvalue weighted by molar-refractivity contribution is 5.57. The van der Waals surface area contributed by atoms with Gasteiger partial charge in [-0.05, 0) is 16.7 Å². The lowest BCUT2D eigenvalue weighted by Crippen LogP contribution is -2.27. The molecule has 0 aromatic heterocycles. The highest BCUT2D eigenvalue weighted by atomic mass is 14.3. The molecule has 0 saturated carbocycles. The molecule has 0 aliphatic rings. The first-order valence-corrected chi connectivity index (χ1v) is 7.02. The summed E-state index contributed by atoms with van der Waals surface area (Å²) in [6.07, 6.45) is 6.05. The predicted molar refractivity (Wildman–Crippen MR) is 88.0 cm³/mol. The Balaban J connectivity index is 2.32. The van der Waals surface area contributed by atoms with Crippen LogP contribution in [0.15, 0.2) is 91.0 Å². The van der Waals surface area contributed by atoms with Gasteiger partial charge in [-0.1, -0.05) is 96.9 Å². The van der Waals surface area contributed by atoms with Gasteiger partial charge >= 0.3 is 0 Å². The Morgan fingerprint density at radius 2 is 0.810 bits per heavy atom. The lowest BCUT2D eigenvalue weighted by atomic mass is 9.70. The van der Waals surface area contributed by atoms with Crippen molar-refractivity contribution in [2.75, 3.05) is 0 Å². The van der Waals surface area contributed by atoms with Gasteiger partial charge in [0.05, 0.1) is 0 Å². The van der Waals surface area contributed by atoms with Crippen LogP contribution in [0.5, 0.6) is 0 Å². The molecule has 0 bridgehead atoms. The Bertz CT molecular complexity index is 638. The highest BCUT2D eigenvalue weighted by Crippen LogP contribution is 2.38. The molecule has 3 rings (SSSR count). The van der Waals surface area contributed by atoms with E-state index in [2.05, 4.69) is 42.3 Å². The summed E-state index contributed by atoms with van der Waals surface area (Å²) in [5.74, 6) is 3.06. The lowest BCUT2D eigenvalue weighted by Gasteiger charge is -2.30. The van der Waals surface area contributed by atoms with Gasteiger partial charge in [0.25, 0.3) is 0 Å². The molecule has 3 aromatic rings. The van der Waals surface area contributed by atoms with E-state index >= 15 is 0 Å². The molecule has 0 radical (unpaired) electrons. The number of hydrogen-bond donors (Lipinski definition) is 0. The molecule has 0 saturated heterocycles. The Hall–Kier alpha value is -2.78. The minimum Gasteiger partial charge on any atom is -0.118 e. The van der Waals surface area contributed by atoms with E-state index in [4.69, 9.17) is 6.42 Å². The summed E-state index contributed by atoms with van der Waals surface area (Å²) in [4.78, 5) is 0. The molecule has 0 nitrogen and oxygen atoms in total. The second-order valence-corrected chi connectivity index (χ2v) is 4.99. The number of rotatable bonds is 3. The van der Waals surface area contributed by atoms with E-state index in [0.29, 0.717) is 0 Å². The Morgan fingerprint density at radius 3 is 1.05 bits per heavy atom. The van der Waals surface area contributed by atoms with Crippen molar-refractivity contribution in [1.82, 2.24) is 0 Å². The van der Waals surface area contributed by atoms with Crippen molar-refractivity contribution in [3.05, 3.63) is 108 Å². The maximum absolute atomic E-state index is 6.05. The van der Waals surface area contributed by atoms with Gasteiger partial charge in [0, 0.05) is 0 Å². The average Bonchev–Trinajstić information content (AvgIpc) is 2.59. The fourth-order valence-electron chi connectivity index (χ4n) is 2.81. The van der Waals surface area contributed by atoms with Crippen LogP contribution in [0, 0.1) is 12.3 Å². The van der Waals surface area contributed by atoms with Crippen LogP contribution >= 0.6 is 0 Å². The van der Waals surface area contributed by atoms with Gasteiger partial charge in [-0.25, -0.2) is 0 Å². The number of terminal acetylenes is 1. The van der Waals surface area contributed by atoms with E-state index in [0.717, 1.165) is 16.7 Å². The van der Waals surface area contributed by atoms with Gasteiger partial charge in [0.2, 0.25) is 0 Å². The normalized spacial score (nSPS) is 10.8. The van der Waals surface area contributed by atoms with Crippen molar-refractivity contribution < 1.29 is 0 Å². The van der Waals surface area contributed by atoms with Crippen LogP contribution in [0.4, 0.5) is 0 Å². The Morgan fingerprint density at radius 1 is 0.524 bits per heavy atom. The molecule has 3 aromatic carbocycles. The largest absolute Gasteiger partial charge is 0.118 e. The maximum atomic E-state index is 6.05. The van der Waals surface area contributed by atoms with E-state index in [9.17, 15) is 0 Å². The van der Waals surface area contributed by atoms with E-state index < -0.39 is 5.41 Å². The minimum atomic E-state index is -0.552. The summed E-state index contributed by atoms with van der Waals surface area (Å²) in [6.45, 7) is 0. The Kier molecular flexibility index (Phi) is 3.58. The molecule has 0 spiro atoms. The average molecular weight is 268 g/mol. The summed E-state index contributed by atoms with van der Waals surface area (Å²) in [7, 11) is 0. The first-order chi connectivity index (χ1) is 10.4. The molecule has 0 unspecified atom stereocenters. The molecule has 0 fully saturated rings. The minimum absolute atomic E-state index is 0.552. The van der Waals surface area contributed by atoms with Crippen molar-refractivity contribution in [2.24, 2.45) is 0 Å². The molecular weight excluding hydrogens is 252 g/mol. The third kappa shape index (κ3) is 2.24. The quantitative estimate of drug-likeness (QED) is 0.479. The lowest BCUT2D eigenvalue weighted by molar-refractivity contribution is 0.810. The third-order valence-corrected chi connectivity index (χ3v) is 3.84. The molecule has 0 amide bonds. The molecular formula is C21H16. The molecule has 0 atom stereocenters. The first-order valence-electron chi connectivity index (χ1n) is 7.02. The van der Waals surface area contributed by atoms with Gasteiger partial charge in [0.1, 0.15) is 5.41 Å². The van der Waals surface area contributed by atoms with Gasteiger partial charge in [-0.3, -0.25) is 0 Å². The smallest absolute Gasteiger partial charge is 0.106 e. The standard InChI is InChI=1S/C21H16/c1-2-21(18-12-6-3-7-13-18,19-14-8-4-9-15-19)20-16-10-5-11-17-20/h1,3-17H. The molecule has 21 heavy (non-hydrogen) atoms. The summed E-state index contributed by atoms with van der Waals surface area (Å²) < 4.78 is 0. The van der Waals surface area contributed by atoms with Gasteiger partial charge < -0.3 is 0 Å². The summed E-state index contributed by atoms with van der Waals surface area (Å²) in [6, 6.07) is 30.8. The molecule has 0 heterocycles. The van der Waals surface area contributed by atoms with Gasteiger partial charge in [-0.2, -0.15) is 0 Å². The third-order valence-electron chi connectivity index (χ3n) is 3.84. The number of benzene rings is 3. The second kappa shape index (κ2) is 5.69. The summed E-state index contributed by atoms with van der Waals surface area (Å²) >= 11 is 0. The van der Waals surface area contributed by atoms with Crippen molar-refractivity contribution in [1.29, 1.82) is 0 Å². The van der Waals surface area contributed by atoms with Crippen LogP contribution in [0.3, 0.4) is 0 Å². The molecule has 0 aliphatic heterocycles. The van der Waals surface area contributed by atoms with E-state index in [1.807, 2.05) is 54.6 Å². The molecule has 100 valence electrons. The number of hydrogen-bond acceptors (Lipinski definition) is 0. The zero-order chi connectivity index (χ0) is 14.5. The predicted octanol–water partition coefficient (Wildman–Crippen LogP) is 4.65. The zero-order valence-electron chi connectivity index (χ0n) is 11.7. The van der Waals surface area contributed by atoms with Crippen molar-refractivity contribution >= 4 is 0 Å². The summed E-state index contributed by atoms with van der Waals surface area (Å²) in [5.41, 5.74) is 2.80. The van der Waals surface area contributed by atoms with Gasteiger partial charge in [-0.15, -0.1) is 6.42 Å². The monoisotopic (exact) mass is 268 g/mol. The van der Waals surface area contributed by atoms with Crippen molar-refractivity contribution in [3.63, 3.8) is 0 Å². The first kappa shape index (κ1) is 13.2. The summed E-state index contributed by atoms with van der Waals surface area (Å²) in [5, 5.41) is 0. The maximum Gasteiger partial charge on any atom is 0.106 e. The fraction of sp³-hybridized carbons (Fsp3) is 0.0476. The van der Waals surface area contributed by atoms with E-state index in [1.54, 1.807) is 0 Å². The van der Waals surface area contributed by atoms with Gasteiger partial charge in [0.15, 0.2) is 0 Å². The molecule has 0 aliphatic carbocycles. The van der Waals surface area contributed by atoms with Crippen LogP contribution in [0.25, 0.3) is 0 Å². The Labute approximate surface area is 126 Å². The van der Waals surface area contributed by atoms with E-state index in [-0.39, 0.29) is 0 Å². The van der Waals surface area contributed by atoms with Crippen LogP contribution in [0.1, 0.15) is 16.7 Å². The van der Waals surface area contributed by atoms with Crippen LogP contribution in [0.2, 0.25) is 0 Å². The molecule has 0 N–H and O–H groups in total. The second-order valence-electron chi connectivity index (χ2n) is 4.99. The van der Waals surface area contributed by atoms with Crippen LogP contribution in [-0.2, 0) is 5.41 Å². The van der Waals surface area contributed by atoms with Crippen LogP contribution < -0.4 is 0 Å². The van der Waals surface area contributed by atoms with Crippen LogP contribution in [-0.4, -0.2) is 0 Å². The fourth-order valence-corrected chi connectivity index (χ4v) is 2.81. The van der Waals surface area contributed by atoms with Crippen molar-refractivity contribution in [3.8, 4) is 12.3 Å². The zero-order valence-corrected chi connectivity index (χ0v) is 11.7. The SMILES string of the molecule is C#CC(c1ccccc1)(c1ccccc1)c1ccccc1. The molecule has 0 heteroatoms. The van der Waals surface area contributed by atoms with Crippen molar-refractivity contribution in [2.45, 2.75) is 5.41 Å². The topological polar surface area (TPSA) is 0 Å². The highest BCUT2D eigenvalue weighted by Gasteiger charge is 2.33. The van der Waals surface area contributed by atoms with E-state index in [1.165, 1.54) is 0 Å².